The Morgan fingerprint density at radius 3 is 2.71 bits per heavy atom. The first kappa shape index (κ1) is 23.6. The lowest BCUT2D eigenvalue weighted by Gasteiger charge is -2.26. The molecule has 0 spiro atoms. The number of hydrogen-bond donors (Lipinski definition) is 1. The molecule has 0 bridgehead atoms. The second-order valence-electron chi connectivity index (χ2n) is 7.30. The number of amides is 4. The fraction of sp³-hybridized carbons (Fsp3) is 0.273. The van der Waals surface area contributed by atoms with Crippen molar-refractivity contribution in [2.75, 3.05) is 39.4 Å². The lowest BCUT2D eigenvalue weighted by Crippen LogP contribution is -2.54. The molecule has 2 aliphatic heterocycles. The van der Waals surface area contributed by atoms with Crippen molar-refractivity contribution < 1.29 is 28.4 Å². The number of anilines is 1. The molecule has 0 fully saturated rings. The summed E-state index contributed by atoms with van der Waals surface area (Å²) in [7, 11) is 6.03. The minimum atomic E-state index is -0.861. The number of rotatable bonds is 6. The summed E-state index contributed by atoms with van der Waals surface area (Å²) in [6.07, 6.45) is 0. The van der Waals surface area contributed by atoms with Gasteiger partial charge in [-0.1, -0.05) is 22.8 Å². The van der Waals surface area contributed by atoms with Crippen LogP contribution in [-0.4, -0.2) is 78.1 Å². The molecule has 0 saturated carbocycles. The molecule has 0 radical (unpaired) electrons. The predicted molar refractivity (Wildman–Crippen MR) is 132 cm³/mol. The number of methoxy groups -OCH3 is 2. The minimum absolute atomic E-state index is 0.0185. The molecule has 1 aromatic heterocycles. The number of nitrogens with zero attached hydrogens (tertiary/aromatic N) is 4. The monoisotopic (exact) mass is 500 g/mol. The van der Waals surface area contributed by atoms with Crippen molar-refractivity contribution in [2.24, 2.45) is 15.9 Å². The second kappa shape index (κ2) is 9.77. The van der Waals surface area contributed by atoms with E-state index < -0.39 is 17.9 Å². The predicted octanol–water partition coefficient (Wildman–Crippen LogP) is 2.54. The molecular formula is C22H22N5O5S2+. The summed E-state index contributed by atoms with van der Waals surface area (Å²) in [5.41, 5.74) is 0.463. The number of fused-ring (bicyclic) bond motifs is 1. The van der Waals surface area contributed by atoms with Gasteiger partial charge in [-0.05, 0) is 23.6 Å². The van der Waals surface area contributed by atoms with Gasteiger partial charge in [0.05, 0.1) is 44.6 Å². The Bertz CT molecular complexity index is 1250. The van der Waals surface area contributed by atoms with Crippen molar-refractivity contribution in [3.63, 3.8) is 0 Å². The molecule has 176 valence electrons. The van der Waals surface area contributed by atoms with Crippen molar-refractivity contribution in [1.29, 1.82) is 0 Å². The van der Waals surface area contributed by atoms with E-state index in [1.807, 2.05) is 17.5 Å². The Balaban J connectivity index is 1.60. The van der Waals surface area contributed by atoms with Gasteiger partial charge in [0, 0.05) is 6.07 Å². The minimum Gasteiger partial charge on any atom is -0.497 e. The molecule has 1 unspecified atom stereocenters. The van der Waals surface area contributed by atoms with E-state index in [0.29, 0.717) is 33.9 Å². The summed E-state index contributed by atoms with van der Waals surface area (Å²) >= 11 is 2.57. The highest BCUT2D eigenvalue weighted by molar-refractivity contribution is 8.14. The number of imide groups is 1. The van der Waals surface area contributed by atoms with Gasteiger partial charge in [-0.3, -0.25) is 9.59 Å². The van der Waals surface area contributed by atoms with Crippen LogP contribution in [0.2, 0.25) is 0 Å². The average Bonchev–Trinajstić information content (AvgIpc) is 3.39. The number of aliphatic imine (C=N–C) groups is 2. The molecule has 12 heteroatoms. The zero-order valence-corrected chi connectivity index (χ0v) is 20.5. The number of amidine groups is 2. The maximum atomic E-state index is 13.0. The third-order valence-corrected chi connectivity index (χ3v) is 7.11. The summed E-state index contributed by atoms with van der Waals surface area (Å²) in [4.78, 5) is 49.2. The Labute approximate surface area is 204 Å². The van der Waals surface area contributed by atoms with Crippen LogP contribution in [0, 0.1) is 5.92 Å². The van der Waals surface area contributed by atoms with Crippen LogP contribution in [0.15, 0.2) is 45.7 Å². The number of thioether (sulfide) groups is 1. The first-order valence-corrected chi connectivity index (χ1v) is 12.0. The number of urea groups is 1. The van der Waals surface area contributed by atoms with E-state index in [4.69, 9.17) is 9.47 Å². The molecule has 1 aromatic carbocycles. The molecule has 0 saturated heterocycles. The largest absolute Gasteiger partial charge is 0.497 e. The van der Waals surface area contributed by atoms with E-state index in [1.165, 1.54) is 37.2 Å². The molecule has 4 amide bonds. The molecule has 0 aliphatic carbocycles. The first-order chi connectivity index (χ1) is 16.3. The molecule has 1 atom stereocenters. The number of benzene rings is 1. The highest BCUT2D eigenvalue weighted by Gasteiger charge is 2.49. The van der Waals surface area contributed by atoms with Gasteiger partial charge >= 0.3 is 11.9 Å². The smallest absolute Gasteiger partial charge is 0.445 e. The van der Waals surface area contributed by atoms with Crippen LogP contribution in [0.3, 0.4) is 0 Å². The maximum absolute atomic E-state index is 13.0. The molecule has 3 heterocycles. The molecule has 4 rings (SSSR count). The highest BCUT2D eigenvalue weighted by atomic mass is 32.2. The highest BCUT2D eigenvalue weighted by Crippen LogP contribution is 2.30. The molecule has 2 aromatic rings. The van der Waals surface area contributed by atoms with Gasteiger partial charge in [0.2, 0.25) is 11.7 Å². The quantitative estimate of drug-likeness (QED) is 0.610. The van der Waals surface area contributed by atoms with Crippen LogP contribution in [-0.2, 0) is 9.59 Å². The fourth-order valence-electron chi connectivity index (χ4n) is 3.44. The lowest BCUT2D eigenvalue weighted by atomic mass is 10.0. The summed E-state index contributed by atoms with van der Waals surface area (Å²) in [5.74, 6) is 0.117. The summed E-state index contributed by atoms with van der Waals surface area (Å²) < 4.78 is 11.9. The van der Waals surface area contributed by atoms with Gasteiger partial charge < -0.3 is 14.8 Å². The molecule has 10 nitrogen and oxygen atoms in total. The van der Waals surface area contributed by atoms with E-state index in [9.17, 15) is 14.4 Å². The van der Waals surface area contributed by atoms with Crippen molar-refractivity contribution >= 4 is 63.3 Å². The van der Waals surface area contributed by atoms with E-state index in [-0.39, 0.29) is 11.7 Å². The standard InChI is InChI=1S/C22H21N5O5S2/c1-26-19-17(21(29)27(2)22(26)30)20(25-18(24-19)15-6-5-9-33-15)34-11-16(28)23-13-10-12(31-3)7-8-14(13)32-4/h5-10,17H,11H2,1-4H3/p+1. The van der Waals surface area contributed by atoms with Crippen LogP contribution in [0.1, 0.15) is 4.88 Å². The normalized spacial score (nSPS) is 17.8. The summed E-state index contributed by atoms with van der Waals surface area (Å²) in [5, 5.41) is 5.10. The van der Waals surface area contributed by atoms with Gasteiger partial charge in [-0.15, -0.1) is 11.3 Å². The van der Waals surface area contributed by atoms with Crippen LogP contribution in [0.25, 0.3) is 0 Å². The number of hydrogen-bond acceptors (Lipinski definition) is 9. The van der Waals surface area contributed by atoms with Crippen molar-refractivity contribution in [3.05, 3.63) is 40.6 Å². The third-order valence-electron chi connectivity index (χ3n) is 5.21. The zero-order chi connectivity index (χ0) is 24.4. The number of thiophene rings is 1. The molecule has 2 aliphatic rings. The van der Waals surface area contributed by atoms with E-state index in [2.05, 4.69) is 15.3 Å². The summed E-state index contributed by atoms with van der Waals surface area (Å²) in [6.45, 7) is 0. The summed E-state index contributed by atoms with van der Waals surface area (Å²) in [6, 6.07) is 8.33. The molecular weight excluding hydrogens is 478 g/mol. The van der Waals surface area contributed by atoms with E-state index >= 15 is 0 Å². The number of nitrogens with one attached hydrogen (secondary N) is 1. The fourth-order valence-corrected chi connectivity index (χ4v) is 4.97. The Kier molecular flexibility index (Phi) is 6.80. The molecule has 34 heavy (non-hydrogen) atoms. The van der Waals surface area contributed by atoms with Gasteiger partial charge in [0.15, 0.2) is 5.92 Å². The number of carbonyl (C=O) groups excluding carboxylic acids is 3. The Hall–Kier alpha value is -3.51. The Morgan fingerprint density at radius 1 is 1.24 bits per heavy atom. The van der Waals surface area contributed by atoms with Gasteiger partial charge in [-0.2, -0.15) is 9.48 Å². The van der Waals surface area contributed by atoms with Crippen LogP contribution < -0.4 is 14.8 Å². The lowest BCUT2D eigenvalue weighted by molar-refractivity contribution is -0.407. The van der Waals surface area contributed by atoms with Crippen LogP contribution >= 0.6 is 23.1 Å². The van der Waals surface area contributed by atoms with Crippen LogP contribution in [0.5, 0.6) is 11.5 Å². The van der Waals surface area contributed by atoms with Crippen molar-refractivity contribution in [1.82, 2.24) is 4.90 Å². The van der Waals surface area contributed by atoms with Crippen LogP contribution in [0.4, 0.5) is 10.5 Å². The van der Waals surface area contributed by atoms with Crippen molar-refractivity contribution in [2.45, 2.75) is 0 Å². The van der Waals surface area contributed by atoms with Gasteiger partial charge in [-0.25, -0.2) is 9.79 Å². The Morgan fingerprint density at radius 2 is 2.03 bits per heavy atom. The third kappa shape index (κ3) is 4.46. The first-order valence-electron chi connectivity index (χ1n) is 10.1. The maximum Gasteiger partial charge on any atom is 0.445 e. The second-order valence-corrected chi connectivity index (χ2v) is 9.24. The molecule has 1 N–H and O–H groups in total. The topological polar surface area (TPSA) is 113 Å². The van der Waals surface area contributed by atoms with E-state index in [0.717, 1.165) is 21.5 Å². The number of carbonyl (C=O) groups is 3. The average molecular weight is 501 g/mol. The van der Waals surface area contributed by atoms with E-state index in [1.54, 1.807) is 25.2 Å². The zero-order valence-electron chi connectivity index (χ0n) is 18.9. The number of ether oxygens (including phenoxy) is 2. The van der Waals surface area contributed by atoms with Crippen molar-refractivity contribution in [3.8, 4) is 11.5 Å². The SMILES string of the molecule is COc1ccc(OC)c(NC(=O)CSC2=NC(c3cccs3)=NC3=[N+](C)C(=O)N(C)C(=O)C23)c1. The van der Waals surface area contributed by atoms with Gasteiger partial charge in [0.1, 0.15) is 16.5 Å². The van der Waals surface area contributed by atoms with Gasteiger partial charge in [0.25, 0.3) is 5.84 Å².